The third-order valence-electron chi connectivity index (χ3n) is 10.7. The predicted molar refractivity (Wildman–Crippen MR) is 227 cm³/mol. The van der Waals surface area contributed by atoms with Crippen LogP contribution in [0.4, 0.5) is 17.1 Å². The predicted octanol–water partition coefficient (Wildman–Crippen LogP) is 12.8. The van der Waals surface area contributed by atoms with Gasteiger partial charge in [0, 0.05) is 22.5 Å². The molecule has 1 aliphatic rings. The number of nitrogens with zero attached hydrogens (tertiary/aromatic N) is 1. The van der Waals surface area contributed by atoms with Crippen molar-refractivity contribution < 1.29 is 19.1 Å². The molecule has 56 heavy (non-hydrogen) atoms. The van der Waals surface area contributed by atoms with Crippen molar-refractivity contribution in [1.29, 1.82) is 0 Å². The first-order valence-electron chi connectivity index (χ1n) is 19.2. The van der Waals surface area contributed by atoms with E-state index in [1.165, 1.54) is 22.3 Å². The second-order valence-corrected chi connectivity index (χ2v) is 14.4. The fraction of sp³-hybridized carbons (Fsp3) is 0.137. The number of esters is 2. The number of fused-ring (bicyclic) bond motifs is 3. The fourth-order valence-electron chi connectivity index (χ4n) is 8.05. The molecule has 0 spiro atoms. The number of carbonyl (C=O) groups excluding carboxylic acids is 2. The molecular formula is C51H43NO4. The van der Waals surface area contributed by atoms with Crippen LogP contribution < -0.4 is 4.90 Å². The molecule has 7 aromatic rings. The lowest BCUT2D eigenvalue weighted by molar-refractivity contribution is 0.0513. The van der Waals surface area contributed by atoms with Crippen LogP contribution in [0.2, 0.25) is 0 Å². The Labute approximate surface area is 328 Å². The maximum absolute atomic E-state index is 13.8. The summed E-state index contributed by atoms with van der Waals surface area (Å²) in [6, 6.07) is 55.4. The quantitative estimate of drug-likeness (QED) is 0.131. The Balaban J connectivity index is 1.26. The molecule has 0 fully saturated rings. The number of para-hydroxylation sites is 1. The summed E-state index contributed by atoms with van der Waals surface area (Å²) < 4.78 is 11.3. The zero-order valence-corrected chi connectivity index (χ0v) is 32.1. The van der Waals surface area contributed by atoms with Crippen molar-refractivity contribution in [2.45, 2.75) is 33.1 Å². The summed E-state index contributed by atoms with van der Waals surface area (Å²) in [7, 11) is 0. The Bertz CT molecular complexity index is 2560. The number of rotatable bonds is 10. The first kappa shape index (κ1) is 36.3. The third kappa shape index (κ3) is 6.56. The number of hydrogen-bond donors (Lipinski definition) is 0. The Morgan fingerprint density at radius 2 is 0.929 bits per heavy atom. The highest BCUT2D eigenvalue weighted by Crippen LogP contribution is 2.50. The van der Waals surface area contributed by atoms with Gasteiger partial charge in [-0.15, -0.1) is 0 Å². The minimum Gasteiger partial charge on any atom is -0.462 e. The highest BCUT2D eigenvalue weighted by molar-refractivity contribution is 6.06. The van der Waals surface area contributed by atoms with Gasteiger partial charge in [-0.25, -0.2) is 9.59 Å². The van der Waals surface area contributed by atoms with Gasteiger partial charge in [-0.2, -0.15) is 0 Å². The van der Waals surface area contributed by atoms with E-state index in [0.717, 1.165) is 39.3 Å². The van der Waals surface area contributed by atoms with E-state index in [9.17, 15) is 9.59 Å². The topological polar surface area (TPSA) is 55.8 Å². The molecule has 0 unspecified atom stereocenters. The number of ether oxygens (including phenoxy) is 2. The zero-order chi connectivity index (χ0) is 38.8. The molecule has 0 heterocycles. The number of anilines is 3. The van der Waals surface area contributed by atoms with E-state index in [1.54, 1.807) is 26.0 Å². The summed E-state index contributed by atoms with van der Waals surface area (Å²) >= 11 is 0. The molecule has 0 saturated carbocycles. The SMILES string of the molecule is CCOC(=O)c1cc(-c2ccccc2-c2ccccc2)c(C(=O)OCC)cc1-c1ccc(N(c2ccccc2)c2ccc3c(c2)C(C)(C)c2ccccc2-3)cc1. The molecular weight excluding hydrogens is 691 g/mol. The number of carbonyl (C=O) groups is 2. The van der Waals surface area contributed by atoms with Crippen LogP contribution in [0.1, 0.15) is 59.5 Å². The van der Waals surface area contributed by atoms with Gasteiger partial charge < -0.3 is 14.4 Å². The Kier molecular flexibility index (Phi) is 9.84. The van der Waals surface area contributed by atoms with E-state index in [-0.39, 0.29) is 18.6 Å². The molecule has 5 heteroatoms. The number of hydrogen-bond acceptors (Lipinski definition) is 5. The van der Waals surface area contributed by atoms with Crippen LogP contribution in [0, 0.1) is 0 Å². The maximum atomic E-state index is 13.8. The molecule has 0 saturated heterocycles. The second-order valence-electron chi connectivity index (χ2n) is 14.4. The molecule has 0 bridgehead atoms. The largest absolute Gasteiger partial charge is 0.462 e. The molecule has 0 N–H and O–H groups in total. The van der Waals surface area contributed by atoms with Crippen molar-refractivity contribution in [3.63, 3.8) is 0 Å². The third-order valence-corrected chi connectivity index (χ3v) is 10.7. The summed E-state index contributed by atoms with van der Waals surface area (Å²) in [6.45, 7) is 8.59. The van der Waals surface area contributed by atoms with E-state index in [4.69, 9.17) is 9.47 Å². The average Bonchev–Trinajstić information content (AvgIpc) is 3.47. The van der Waals surface area contributed by atoms with Gasteiger partial charge in [-0.3, -0.25) is 0 Å². The van der Waals surface area contributed by atoms with Gasteiger partial charge in [0.1, 0.15) is 0 Å². The minimum atomic E-state index is -0.465. The zero-order valence-electron chi connectivity index (χ0n) is 32.1. The van der Waals surface area contributed by atoms with Gasteiger partial charge in [-0.05, 0) is 118 Å². The van der Waals surface area contributed by atoms with Crippen molar-refractivity contribution in [3.05, 3.63) is 186 Å². The van der Waals surface area contributed by atoms with Gasteiger partial charge in [0.25, 0.3) is 0 Å². The first-order valence-corrected chi connectivity index (χ1v) is 19.2. The second kappa shape index (κ2) is 15.2. The van der Waals surface area contributed by atoms with E-state index < -0.39 is 11.9 Å². The molecule has 7 aromatic carbocycles. The Hall–Kier alpha value is -6.72. The van der Waals surface area contributed by atoms with Gasteiger partial charge >= 0.3 is 11.9 Å². The van der Waals surface area contributed by atoms with Crippen molar-refractivity contribution >= 4 is 29.0 Å². The van der Waals surface area contributed by atoms with Crippen LogP contribution >= 0.6 is 0 Å². The monoisotopic (exact) mass is 733 g/mol. The van der Waals surface area contributed by atoms with Crippen LogP contribution in [0.25, 0.3) is 44.5 Å². The van der Waals surface area contributed by atoms with Crippen LogP contribution in [0.5, 0.6) is 0 Å². The molecule has 276 valence electrons. The molecule has 1 aliphatic carbocycles. The van der Waals surface area contributed by atoms with Crippen LogP contribution in [-0.2, 0) is 14.9 Å². The Morgan fingerprint density at radius 3 is 1.59 bits per heavy atom. The maximum Gasteiger partial charge on any atom is 0.338 e. The summed E-state index contributed by atoms with van der Waals surface area (Å²) in [6.07, 6.45) is 0. The summed E-state index contributed by atoms with van der Waals surface area (Å²) in [5, 5.41) is 0. The lowest BCUT2D eigenvalue weighted by atomic mass is 9.82. The molecule has 5 nitrogen and oxygen atoms in total. The molecule has 0 amide bonds. The molecule has 0 atom stereocenters. The van der Waals surface area contributed by atoms with Crippen molar-refractivity contribution in [3.8, 4) is 44.5 Å². The van der Waals surface area contributed by atoms with E-state index in [2.05, 4.69) is 85.5 Å². The molecule has 0 radical (unpaired) electrons. The Morgan fingerprint density at radius 1 is 0.446 bits per heavy atom. The molecule has 0 aliphatic heterocycles. The highest BCUT2D eigenvalue weighted by atomic mass is 16.5. The van der Waals surface area contributed by atoms with Crippen molar-refractivity contribution in [1.82, 2.24) is 0 Å². The summed E-state index contributed by atoms with van der Waals surface area (Å²) in [5.74, 6) is -0.927. The van der Waals surface area contributed by atoms with Gasteiger partial charge in [-0.1, -0.05) is 129 Å². The smallest absolute Gasteiger partial charge is 0.338 e. The number of benzene rings is 7. The standard InChI is InChI=1S/C51H43NO4/c1-5-55-49(53)45-33-44(40-22-14-13-21-39(40)34-17-9-7-10-18-34)46(50(54)56-6-2)32-43(45)35-25-27-37(28-26-35)52(36-19-11-8-12-20-36)38-29-30-42-41-23-15-16-24-47(41)51(3,4)48(42)31-38/h7-33H,5-6H2,1-4H3. The highest BCUT2D eigenvalue weighted by Gasteiger charge is 2.35. The van der Waals surface area contributed by atoms with Crippen LogP contribution in [0.3, 0.4) is 0 Å². The van der Waals surface area contributed by atoms with Crippen molar-refractivity contribution in [2.75, 3.05) is 18.1 Å². The molecule has 8 rings (SSSR count). The van der Waals surface area contributed by atoms with Crippen molar-refractivity contribution in [2.24, 2.45) is 0 Å². The van der Waals surface area contributed by atoms with E-state index >= 15 is 0 Å². The van der Waals surface area contributed by atoms with Gasteiger partial charge in [0.05, 0.1) is 24.3 Å². The average molecular weight is 734 g/mol. The van der Waals surface area contributed by atoms with Gasteiger partial charge in [0.2, 0.25) is 0 Å². The van der Waals surface area contributed by atoms with E-state index in [1.807, 2.05) is 84.9 Å². The molecule has 0 aromatic heterocycles. The first-order chi connectivity index (χ1) is 27.3. The van der Waals surface area contributed by atoms with Crippen LogP contribution in [0.15, 0.2) is 164 Å². The summed E-state index contributed by atoms with van der Waals surface area (Å²) in [4.78, 5) is 29.9. The van der Waals surface area contributed by atoms with Crippen LogP contribution in [-0.4, -0.2) is 25.2 Å². The lowest BCUT2D eigenvalue weighted by Crippen LogP contribution is -2.16. The normalized spacial score (nSPS) is 12.4. The van der Waals surface area contributed by atoms with E-state index in [0.29, 0.717) is 22.3 Å². The lowest BCUT2D eigenvalue weighted by Gasteiger charge is -2.28. The van der Waals surface area contributed by atoms with Gasteiger partial charge in [0.15, 0.2) is 0 Å². The minimum absolute atomic E-state index is 0.151. The summed E-state index contributed by atoms with van der Waals surface area (Å²) in [5.41, 5.74) is 13.5. The fourth-order valence-corrected chi connectivity index (χ4v) is 8.05.